The van der Waals surface area contributed by atoms with Gasteiger partial charge in [-0.3, -0.25) is 4.79 Å². The van der Waals surface area contributed by atoms with Crippen molar-refractivity contribution in [3.8, 4) is 5.69 Å². The van der Waals surface area contributed by atoms with E-state index in [1.807, 2.05) is 6.07 Å². The summed E-state index contributed by atoms with van der Waals surface area (Å²) in [5, 5.41) is 4.98. The van der Waals surface area contributed by atoms with E-state index in [0.717, 1.165) is 69.2 Å². The van der Waals surface area contributed by atoms with Gasteiger partial charge in [0.25, 0.3) is 0 Å². The van der Waals surface area contributed by atoms with Crippen LogP contribution >= 0.6 is 0 Å². The Morgan fingerprint density at radius 2 is 1.81 bits per heavy atom. The molecule has 1 atom stereocenters. The van der Waals surface area contributed by atoms with Crippen molar-refractivity contribution in [1.82, 2.24) is 19.6 Å². The third-order valence-electron chi connectivity index (χ3n) is 6.94. The van der Waals surface area contributed by atoms with Gasteiger partial charge in [0.15, 0.2) is 0 Å². The molecule has 6 nitrogen and oxygen atoms in total. The topological polar surface area (TPSA) is 44.6 Å². The van der Waals surface area contributed by atoms with Crippen LogP contribution in [0, 0.1) is 12.8 Å². The number of amides is 1. The molecule has 1 aliphatic carbocycles. The van der Waals surface area contributed by atoms with E-state index in [4.69, 9.17) is 5.10 Å². The summed E-state index contributed by atoms with van der Waals surface area (Å²) in [6.07, 6.45) is 3.05. The molecule has 2 aliphatic rings. The monoisotopic (exact) mass is 423 g/mol. The van der Waals surface area contributed by atoms with E-state index < -0.39 is 0 Å². The molecule has 0 N–H and O–H groups in total. The standard InChI is InChI=1S/C25H37N5O/c1-5-19(3)29(25(31)21-12-13-21)18-23-20(4)26-30(22-10-8-7-9-11-22)24(23)28-16-14-27(6-2)15-17-28/h7-11,19,21H,5-6,12-18H2,1-4H3. The first-order chi connectivity index (χ1) is 15.0. The zero-order valence-electron chi connectivity index (χ0n) is 19.5. The van der Waals surface area contributed by atoms with Gasteiger partial charge in [0.1, 0.15) is 5.82 Å². The Morgan fingerprint density at radius 1 is 1.13 bits per heavy atom. The number of piperazine rings is 1. The van der Waals surface area contributed by atoms with Gasteiger partial charge in [-0.1, -0.05) is 32.0 Å². The first-order valence-corrected chi connectivity index (χ1v) is 11.9. The fourth-order valence-corrected chi connectivity index (χ4v) is 4.49. The summed E-state index contributed by atoms with van der Waals surface area (Å²) < 4.78 is 2.10. The molecule has 1 aliphatic heterocycles. The summed E-state index contributed by atoms with van der Waals surface area (Å²) in [4.78, 5) is 20.2. The quantitative estimate of drug-likeness (QED) is 0.647. The molecule has 2 heterocycles. The van der Waals surface area contributed by atoms with Gasteiger partial charge in [-0.25, -0.2) is 4.68 Å². The van der Waals surface area contributed by atoms with Crippen LogP contribution in [0.5, 0.6) is 0 Å². The molecule has 0 bridgehead atoms. The van der Waals surface area contributed by atoms with Crippen molar-refractivity contribution in [2.24, 2.45) is 5.92 Å². The van der Waals surface area contributed by atoms with Crippen molar-refractivity contribution in [2.75, 3.05) is 37.6 Å². The summed E-state index contributed by atoms with van der Waals surface area (Å²) in [5.41, 5.74) is 3.30. The summed E-state index contributed by atoms with van der Waals surface area (Å²) in [5.74, 6) is 1.72. The highest BCUT2D eigenvalue weighted by Gasteiger charge is 2.36. The lowest BCUT2D eigenvalue weighted by Crippen LogP contribution is -2.47. The van der Waals surface area contributed by atoms with E-state index in [0.29, 0.717) is 12.5 Å². The van der Waals surface area contributed by atoms with Crippen LogP contribution in [0.4, 0.5) is 5.82 Å². The average Bonchev–Trinajstić information content (AvgIpc) is 3.61. The number of rotatable bonds is 8. The molecule has 0 spiro atoms. The molecule has 1 saturated heterocycles. The molecule has 1 unspecified atom stereocenters. The second kappa shape index (κ2) is 9.43. The molecular formula is C25H37N5O. The Labute approximate surface area is 186 Å². The largest absolute Gasteiger partial charge is 0.354 e. The SMILES string of the molecule is CCC(C)N(Cc1c(C)nn(-c2ccccc2)c1N1CCN(CC)CC1)C(=O)C1CC1. The van der Waals surface area contributed by atoms with E-state index in [1.54, 1.807) is 0 Å². The maximum atomic E-state index is 13.1. The predicted octanol–water partition coefficient (Wildman–Crippen LogP) is 3.86. The van der Waals surface area contributed by atoms with Gasteiger partial charge in [-0.2, -0.15) is 5.10 Å². The third-order valence-corrected chi connectivity index (χ3v) is 6.94. The molecule has 2 aromatic rings. The third kappa shape index (κ3) is 4.64. The Kier molecular flexibility index (Phi) is 6.65. The van der Waals surface area contributed by atoms with E-state index in [9.17, 15) is 4.79 Å². The second-order valence-electron chi connectivity index (χ2n) is 9.05. The zero-order chi connectivity index (χ0) is 22.0. The first kappa shape index (κ1) is 21.9. The van der Waals surface area contributed by atoms with Gasteiger partial charge in [-0.05, 0) is 51.8 Å². The Hall–Kier alpha value is -2.34. The number of carbonyl (C=O) groups is 1. The summed E-state index contributed by atoms with van der Waals surface area (Å²) in [6.45, 7) is 14.5. The maximum absolute atomic E-state index is 13.1. The van der Waals surface area contributed by atoms with Gasteiger partial charge in [-0.15, -0.1) is 0 Å². The fraction of sp³-hybridized carbons (Fsp3) is 0.600. The lowest BCUT2D eigenvalue weighted by Gasteiger charge is -2.37. The highest BCUT2D eigenvalue weighted by Crippen LogP contribution is 2.35. The number of aromatic nitrogens is 2. The van der Waals surface area contributed by atoms with Gasteiger partial charge < -0.3 is 14.7 Å². The van der Waals surface area contributed by atoms with Crippen molar-refractivity contribution >= 4 is 11.7 Å². The van der Waals surface area contributed by atoms with Crippen LogP contribution in [0.2, 0.25) is 0 Å². The first-order valence-electron chi connectivity index (χ1n) is 11.9. The number of benzene rings is 1. The lowest BCUT2D eigenvalue weighted by molar-refractivity contribution is -0.135. The minimum atomic E-state index is 0.232. The molecule has 2 fully saturated rings. The molecule has 1 saturated carbocycles. The molecular weight excluding hydrogens is 386 g/mol. The van der Waals surface area contributed by atoms with E-state index in [2.05, 4.69) is 71.3 Å². The Morgan fingerprint density at radius 3 is 2.39 bits per heavy atom. The van der Waals surface area contributed by atoms with Crippen LogP contribution in [-0.2, 0) is 11.3 Å². The number of para-hydroxylation sites is 1. The van der Waals surface area contributed by atoms with Crippen molar-refractivity contribution < 1.29 is 4.79 Å². The van der Waals surface area contributed by atoms with Crippen LogP contribution in [0.25, 0.3) is 5.69 Å². The molecule has 1 aromatic heterocycles. The Balaban J connectivity index is 1.72. The normalized spacial score (nSPS) is 18.3. The van der Waals surface area contributed by atoms with Gasteiger partial charge in [0.2, 0.25) is 5.91 Å². The summed E-state index contributed by atoms with van der Waals surface area (Å²) in [7, 11) is 0. The highest BCUT2D eigenvalue weighted by atomic mass is 16.2. The van der Waals surface area contributed by atoms with Crippen LogP contribution in [0.15, 0.2) is 30.3 Å². The number of likely N-dealkylation sites (N-methyl/N-ethyl adjacent to an activating group) is 1. The molecule has 4 rings (SSSR count). The second-order valence-corrected chi connectivity index (χ2v) is 9.05. The maximum Gasteiger partial charge on any atom is 0.226 e. The highest BCUT2D eigenvalue weighted by molar-refractivity contribution is 5.81. The predicted molar refractivity (Wildman–Crippen MR) is 126 cm³/mol. The van der Waals surface area contributed by atoms with Crippen LogP contribution in [0.3, 0.4) is 0 Å². The van der Waals surface area contributed by atoms with Gasteiger partial charge in [0, 0.05) is 43.7 Å². The van der Waals surface area contributed by atoms with Gasteiger partial charge >= 0.3 is 0 Å². The lowest BCUT2D eigenvalue weighted by atomic mass is 10.1. The zero-order valence-corrected chi connectivity index (χ0v) is 19.5. The van der Waals surface area contributed by atoms with E-state index in [-0.39, 0.29) is 12.0 Å². The molecule has 1 aromatic carbocycles. The number of hydrogen-bond acceptors (Lipinski definition) is 4. The van der Waals surface area contributed by atoms with Crippen molar-refractivity contribution in [3.05, 3.63) is 41.6 Å². The van der Waals surface area contributed by atoms with Crippen LogP contribution < -0.4 is 4.90 Å². The smallest absolute Gasteiger partial charge is 0.226 e. The number of anilines is 1. The van der Waals surface area contributed by atoms with Gasteiger partial charge in [0.05, 0.1) is 17.9 Å². The minimum absolute atomic E-state index is 0.232. The summed E-state index contributed by atoms with van der Waals surface area (Å²) in [6, 6.07) is 10.6. The molecule has 6 heteroatoms. The molecule has 1 amide bonds. The van der Waals surface area contributed by atoms with Crippen molar-refractivity contribution in [2.45, 2.75) is 59.5 Å². The van der Waals surface area contributed by atoms with Crippen molar-refractivity contribution in [1.29, 1.82) is 0 Å². The fourth-order valence-electron chi connectivity index (χ4n) is 4.49. The number of aryl methyl sites for hydroxylation is 1. The molecule has 168 valence electrons. The average molecular weight is 424 g/mol. The van der Waals surface area contributed by atoms with Crippen LogP contribution in [-0.4, -0.2) is 64.3 Å². The minimum Gasteiger partial charge on any atom is -0.354 e. The molecule has 31 heavy (non-hydrogen) atoms. The number of nitrogens with zero attached hydrogens (tertiary/aromatic N) is 5. The number of hydrogen-bond donors (Lipinski definition) is 0. The van der Waals surface area contributed by atoms with Crippen LogP contribution in [0.1, 0.15) is 51.3 Å². The molecule has 0 radical (unpaired) electrons. The van der Waals surface area contributed by atoms with Crippen molar-refractivity contribution in [3.63, 3.8) is 0 Å². The summed E-state index contributed by atoms with van der Waals surface area (Å²) >= 11 is 0. The Bertz CT molecular complexity index is 881. The van der Waals surface area contributed by atoms with E-state index >= 15 is 0 Å². The van der Waals surface area contributed by atoms with E-state index in [1.165, 1.54) is 5.56 Å². The number of carbonyl (C=O) groups excluding carboxylic acids is 1.